The standard InChI is InChI=1S/C11H18N4S/c1-11(2)5-6-15(7-8-16-11)10-4-3-9(12)13-14-10/h3-4H,5-8H2,1-2H3,(H2,12,13). The molecule has 0 saturated carbocycles. The summed E-state index contributed by atoms with van der Waals surface area (Å²) in [6.45, 7) is 6.68. The minimum absolute atomic E-state index is 0.371. The molecule has 1 saturated heterocycles. The number of nitrogens with two attached hydrogens (primary N) is 1. The highest BCUT2D eigenvalue weighted by Gasteiger charge is 2.24. The quantitative estimate of drug-likeness (QED) is 0.808. The topological polar surface area (TPSA) is 55.0 Å². The average Bonchev–Trinajstić information content (AvgIpc) is 2.41. The fourth-order valence-electron chi connectivity index (χ4n) is 1.75. The molecule has 4 nitrogen and oxygen atoms in total. The summed E-state index contributed by atoms with van der Waals surface area (Å²) in [6.07, 6.45) is 1.17. The third-order valence-electron chi connectivity index (χ3n) is 2.83. The number of anilines is 2. The molecule has 0 aromatic carbocycles. The van der Waals surface area contributed by atoms with Crippen LogP contribution in [0.3, 0.4) is 0 Å². The lowest BCUT2D eigenvalue weighted by Gasteiger charge is -2.22. The minimum Gasteiger partial charge on any atom is -0.382 e. The maximum atomic E-state index is 5.53. The van der Waals surface area contributed by atoms with Crippen molar-refractivity contribution in [2.45, 2.75) is 25.0 Å². The van der Waals surface area contributed by atoms with Crippen molar-refractivity contribution in [3.05, 3.63) is 12.1 Å². The van der Waals surface area contributed by atoms with Crippen LogP contribution in [-0.2, 0) is 0 Å². The van der Waals surface area contributed by atoms with Crippen LogP contribution in [0.5, 0.6) is 0 Å². The van der Waals surface area contributed by atoms with E-state index in [0.29, 0.717) is 10.6 Å². The fraction of sp³-hybridized carbons (Fsp3) is 0.636. The lowest BCUT2D eigenvalue weighted by Crippen LogP contribution is -2.27. The van der Waals surface area contributed by atoms with Crippen LogP contribution < -0.4 is 10.6 Å². The van der Waals surface area contributed by atoms with Gasteiger partial charge in [-0.05, 0) is 18.6 Å². The Morgan fingerprint density at radius 1 is 1.31 bits per heavy atom. The molecule has 0 aliphatic carbocycles. The van der Waals surface area contributed by atoms with Gasteiger partial charge in [-0.3, -0.25) is 0 Å². The number of aromatic nitrogens is 2. The van der Waals surface area contributed by atoms with Gasteiger partial charge in [0, 0.05) is 23.6 Å². The van der Waals surface area contributed by atoms with Crippen LogP contribution in [0.25, 0.3) is 0 Å². The second-order valence-electron chi connectivity index (χ2n) is 4.66. The van der Waals surface area contributed by atoms with E-state index in [1.807, 2.05) is 23.9 Å². The van der Waals surface area contributed by atoms with Crippen molar-refractivity contribution in [1.82, 2.24) is 10.2 Å². The molecule has 2 rings (SSSR count). The number of hydrogen-bond acceptors (Lipinski definition) is 5. The summed E-state index contributed by atoms with van der Waals surface area (Å²) in [5.74, 6) is 2.56. The minimum atomic E-state index is 0.371. The number of hydrogen-bond donors (Lipinski definition) is 1. The van der Waals surface area contributed by atoms with Gasteiger partial charge in [0.25, 0.3) is 0 Å². The lowest BCUT2D eigenvalue weighted by atomic mass is 10.1. The van der Waals surface area contributed by atoms with Crippen LogP contribution in [0.4, 0.5) is 11.6 Å². The molecule has 1 aliphatic heterocycles. The largest absolute Gasteiger partial charge is 0.382 e. The molecule has 2 N–H and O–H groups in total. The molecule has 2 heterocycles. The third-order valence-corrected chi connectivity index (χ3v) is 4.21. The van der Waals surface area contributed by atoms with Crippen molar-refractivity contribution >= 4 is 23.4 Å². The molecule has 1 aromatic rings. The number of nitrogens with zero attached hydrogens (tertiary/aromatic N) is 3. The maximum Gasteiger partial charge on any atom is 0.151 e. The van der Waals surface area contributed by atoms with Crippen molar-refractivity contribution in [3.63, 3.8) is 0 Å². The highest BCUT2D eigenvalue weighted by atomic mass is 32.2. The first kappa shape index (κ1) is 11.5. The molecular formula is C11H18N4S. The van der Waals surface area contributed by atoms with E-state index in [9.17, 15) is 0 Å². The predicted octanol–water partition coefficient (Wildman–Crippen LogP) is 1.78. The van der Waals surface area contributed by atoms with Crippen molar-refractivity contribution in [2.75, 3.05) is 29.5 Å². The monoisotopic (exact) mass is 238 g/mol. The summed E-state index contributed by atoms with van der Waals surface area (Å²) in [5, 5.41) is 8.03. The van der Waals surface area contributed by atoms with Gasteiger partial charge in [0.2, 0.25) is 0 Å². The van der Waals surface area contributed by atoms with Crippen molar-refractivity contribution in [2.24, 2.45) is 0 Å². The molecule has 0 bridgehead atoms. The first-order chi connectivity index (χ1) is 7.57. The molecule has 0 radical (unpaired) electrons. The average molecular weight is 238 g/mol. The van der Waals surface area contributed by atoms with Crippen LogP contribution in [0.15, 0.2) is 12.1 Å². The number of thioether (sulfide) groups is 1. The SMILES string of the molecule is CC1(C)CCN(c2ccc(N)nn2)CCS1. The summed E-state index contributed by atoms with van der Waals surface area (Å²) >= 11 is 2.03. The fourth-order valence-corrected chi connectivity index (χ4v) is 2.85. The number of rotatable bonds is 1. The molecule has 16 heavy (non-hydrogen) atoms. The Hall–Kier alpha value is -0.970. The molecule has 1 aromatic heterocycles. The maximum absolute atomic E-state index is 5.53. The molecule has 0 unspecified atom stereocenters. The molecule has 88 valence electrons. The van der Waals surface area contributed by atoms with E-state index in [1.54, 1.807) is 0 Å². The van der Waals surface area contributed by atoms with Crippen molar-refractivity contribution in [1.29, 1.82) is 0 Å². The van der Waals surface area contributed by atoms with Crippen LogP contribution in [-0.4, -0.2) is 33.8 Å². The van der Waals surface area contributed by atoms with Crippen LogP contribution in [0, 0.1) is 0 Å². The third kappa shape index (κ3) is 2.78. The van der Waals surface area contributed by atoms with Crippen LogP contribution in [0.1, 0.15) is 20.3 Å². The van der Waals surface area contributed by atoms with Crippen molar-refractivity contribution in [3.8, 4) is 0 Å². The van der Waals surface area contributed by atoms with E-state index in [1.165, 1.54) is 6.42 Å². The summed E-state index contributed by atoms with van der Waals surface area (Å²) in [6, 6.07) is 3.76. The van der Waals surface area contributed by atoms with E-state index in [4.69, 9.17) is 5.73 Å². The van der Waals surface area contributed by atoms with Gasteiger partial charge >= 0.3 is 0 Å². The zero-order chi connectivity index (χ0) is 11.6. The van der Waals surface area contributed by atoms with E-state index < -0.39 is 0 Å². The Morgan fingerprint density at radius 3 is 2.81 bits per heavy atom. The number of nitrogen functional groups attached to an aromatic ring is 1. The molecular weight excluding hydrogens is 220 g/mol. The van der Waals surface area contributed by atoms with Gasteiger partial charge in [-0.15, -0.1) is 10.2 Å². The van der Waals surface area contributed by atoms with Crippen LogP contribution >= 0.6 is 11.8 Å². The van der Waals surface area contributed by atoms with Gasteiger partial charge in [0.15, 0.2) is 5.82 Å². The Kier molecular flexibility index (Phi) is 3.23. The molecule has 1 aliphatic rings. The first-order valence-corrected chi connectivity index (χ1v) is 6.53. The smallest absolute Gasteiger partial charge is 0.151 e. The van der Waals surface area contributed by atoms with Gasteiger partial charge in [-0.1, -0.05) is 13.8 Å². The summed E-state index contributed by atoms with van der Waals surface area (Å²) < 4.78 is 0.371. The first-order valence-electron chi connectivity index (χ1n) is 5.55. The lowest BCUT2D eigenvalue weighted by molar-refractivity contribution is 0.633. The summed E-state index contributed by atoms with van der Waals surface area (Å²) in [4.78, 5) is 2.29. The highest BCUT2D eigenvalue weighted by molar-refractivity contribution is 8.00. The summed E-state index contributed by atoms with van der Waals surface area (Å²) in [7, 11) is 0. The summed E-state index contributed by atoms with van der Waals surface area (Å²) in [5.41, 5.74) is 5.53. The predicted molar refractivity (Wildman–Crippen MR) is 69.8 cm³/mol. The van der Waals surface area contributed by atoms with E-state index in [0.717, 1.165) is 24.7 Å². The van der Waals surface area contributed by atoms with Gasteiger partial charge in [0.05, 0.1) is 0 Å². The molecule has 0 spiro atoms. The zero-order valence-corrected chi connectivity index (χ0v) is 10.6. The second kappa shape index (κ2) is 4.49. The van der Waals surface area contributed by atoms with Crippen LogP contribution in [0.2, 0.25) is 0 Å². The van der Waals surface area contributed by atoms with E-state index >= 15 is 0 Å². The van der Waals surface area contributed by atoms with Gasteiger partial charge in [0.1, 0.15) is 5.82 Å². The molecule has 0 amide bonds. The normalized spacial score (nSPS) is 20.5. The Labute approximate surface area is 101 Å². The molecule has 1 fully saturated rings. The zero-order valence-electron chi connectivity index (χ0n) is 9.81. The van der Waals surface area contributed by atoms with Gasteiger partial charge in [-0.2, -0.15) is 11.8 Å². The van der Waals surface area contributed by atoms with Gasteiger partial charge < -0.3 is 10.6 Å². The Morgan fingerprint density at radius 2 is 2.12 bits per heavy atom. The Bertz CT molecular complexity index is 350. The van der Waals surface area contributed by atoms with Gasteiger partial charge in [-0.25, -0.2) is 0 Å². The Balaban J connectivity index is 2.08. The van der Waals surface area contributed by atoms with E-state index in [2.05, 4.69) is 28.9 Å². The molecule has 5 heteroatoms. The van der Waals surface area contributed by atoms with Crippen molar-refractivity contribution < 1.29 is 0 Å². The highest BCUT2D eigenvalue weighted by Crippen LogP contribution is 2.31. The second-order valence-corrected chi connectivity index (χ2v) is 6.46. The molecule has 0 atom stereocenters. The van der Waals surface area contributed by atoms with E-state index in [-0.39, 0.29) is 0 Å².